The van der Waals surface area contributed by atoms with Crippen LogP contribution in [0.4, 0.5) is 26.9 Å². The molecule has 1 saturated heterocycles. The van der Waals surface area contributed by atoms with E-state index < -0.39 is 17.3 Å². The first-order valence-electron chi connectivity index (χ1n) is 17.4. The molecule has 0 aliphatic carbocycles. The number of nitrogens with zero attached hydrogens (tertiary/aromatic N) is 5. The number of allylic oxidation sites excluding steroid dienone is 1. The number of hydrogen-bond donors (Lipinski definition) is 2. The summed E-state index contributed by atoms with van der Waals surface area (Å²) in [6.07, 6.45) is 4.17. The Morgan fingerprint density at radius 3 is 2.38 bits per heavy atom. The predicted molar refractivity (Wildman–Crippen MR) is 198 cm³/mol. The highest BCUT2D eigenvalue weighted by molar-refractivity contribution is 6.03. The van der Waals surface area contributed by atoms with Gasteiger partial charge in [-0.2, -0.15) is 9.61 Å². The van der Waals surface area contributed by atoms with Crippen molar-refractivity contribution >= 4 is 41.1 Å². The van der Waals surface area contributed by atoms with Gasteiger partial charge in [0.25, 0.3) is 5.91 Å². The molecule has 1 aromatic carbocycles. The van der Waals surface area contributed by atoms with E-state index in [9.17, 15) is 14.4 Å². The van der Waals surface area contributed by atoms with E-state index in [0.717, 1.165) is 24.0 Å². The molecule has 1 atom stereocenters. The molecule has 272 valence electrons. The average Bonchev–Trinajstić information content (AvgIpc) is 3.43. The van der Waals surface area contributed by atoms with E-state index in [1.54, 1.807) is 34.7 Å². The van der Waals surface area contributed by atoms with Crippen molar-refractivity contribution < 1.29 is 23.9 Å². The Morgan fingerprint density at radius 2 is 1.76 bits per heavy atom. The topological polar surface area (TPSA) is 130 Å². The highest BCUT2D eigenvalue weighted by atomic mass is 16.6. The fraction of sp³-hybridized carbons (Fsp3) is 0.553. The SMILES string of the molecule is C/C=C(\C)C(=O)Nc1cccc(CN(C(=O)OC(C)(C)C)c2cc(N[C@H]3CCC(C)(C)N(C(=O)OC(C)(C)C)C3)nc3c(C(C)C)cnn23)c1. The number of anilines is 3. The Balaban J connectivity index is 1.77. The lowest BCUT2D eigenvalue weighted by Crippen LogP contribution is -2.57. The summed E-state index contributed by atoms with van der Waals surface area (Å²) < 4.78 is 13.4. The average molecular weight is 690 g/mol. The van der Waals surface area contributed by atoms with Gasteiger partial charge in [-0.05, 0) is 106 Å². The van der Waals surface area contributed by atoms with E-state index in [1.807, 2.05) is 72.7 Å². The summed E-state index contributed by atoms with van der Waals surface area (Å²) in [5.74, 6) is 0.907. The number of benzene rings is 1. The lowest BCUT2D eigenvalue weighted by Gasteiger charge is -2.45. The van der Waals surface area contributed by atoms with Gasteiger partial charge in [-0.1, -0.05) is 32.1 Å². The van der Waals surface area contributed by atoms with Crippen LogP contribution in [0.2, 0.25) is 0 Å². The number of carbonyl (C=O) groups excluding carboxylic acids is 3. The third-order valence-electron chi connectivity index (χ3n) is 8.51. The summed E-state index contributed by atoms with van der Waals surface area (Å²) in [4.78, 5) is 48.2. The molecular formula is C38H55N7O5. The third kappa shape index (κ3) is 9.54. The number of amides is 3. The number of hydrogen-bond acceptors (Lipinski definition) is 8. The van der Waals surface area contributed by atoms with E-state index in [1.165, 1.54) is 4.90 Å². The van der Waals surface area contributed by atoms with Crippen LogP contribution in [0, 0.1) is 0 Å². The van der Waals surface area contributed by atoms with Gasteiger partial charge in [0.15, 0.2) is 5.65 Å². The van der Waals surface area contributed by atoms with Gasteiger partial charge in [0, 0.05) is 41.0 Å². The second kappa shape index (κ2) is 14.7. The highest BCUT2D eigenvalue weighted by Crippen LogP contribution is 2.33. The van der Waals surface area contributed by atoms with Crippen LogP contribution in [0.25, 0.3) is 5.65 Å². The Bertz CT molecular complexity index is 1750. The molecule has 1 aliphatic heterocycles. The van der Waals surface area contributed by atoms with Crippen LogP contribution in [0.1, 0.15) is 113 Å². The fourth-order valence-electron chi connectivity index (χ4n) is 5.67. The van der Waals surface area contributed by atoms with Crippen molar-refractivity contribution in [2.45, 2.75) is 131 Å². The summed E-state index contributed by atoms with van der Waals surface area (Å²) in [7, 11) is 0. The second-order valence-corrected chi connectivity index (χ2v) is 16.0. The van der Waals surface area contributed by atoms with E-state index >= 15 is 0 Å². The van der Waals surface area contributed by atoms with Gasteiger partial charge in [0.1, 0.15) is 22.8 Å². The molecule has 1 aliphatic rings. The number of likely N-dealkylation sites (tertiary alicyclic amines) is 1. The van der Waals surface area contributed by atoms with E-state index in [0.29, 0.717) is 35.1 Å². The quantitative estimate of drug-likeness (QED) is 0.226. The molecule has 2 N–H and O–H groups in total. The molecule has 2 aromatic heterocycles. The van der Waals surface area contributed by atoms with Gasteiger partial charge in [-0.15, -0.1) is 0 Å². The molecule has 12 heteroatoms. The smallest absolute Gasteiger partial charge is 0.416 e. The molecular weight excluding hydrogens is 634 g/mol. The minimum Gasteiger partial charge on any atom is -0.444 e. The summed E-state index contributed by atoms with van der Waals surface area (Å²) in [5, 5.41) is 11.2. The fourth-order valence-corrected chi connectivity index (χ4v) is 5.67. The van der Waals surface area contributed by atoms with Crippen molar-refractivity contribution in [3.8, 4) is 0 Å². The lowest BCUT2D eigenvalue weighted by atomic mass is 9.88. The number of fused-ring (bicyclic) bond motifs is 1. The molecule has 12 nitrogen and oxygen atoms in total. The van der Waals surface area contributed by atoms with Crippen molar-refractivity contribution in [2.75, 3.05) is 22.1 Å². The van der Waals surface area contributed by atoms with Crippen molar-refractivity contribution in [3.63, 3.8) is 0 Å². The molecule has 0 unspecified atom stereocenters. The van der Waals surface area contributed by atoms with E-state index in [2.05, 4.69) is 43.4 Å². The van der Waals surface area contributed by atoms with Gasteiger partial charge >= 0.3 is 12.2 Å². The summed E-state index contributed by atoms with van der Waals surface area (Å²) >= 11 is 0. The van der Waals surface area contributed by atoms with Crippen LogP contribution in [-0.2, 0) is 20.8 Å². The number of rotatable bonds is 8. The van der Waals surface area contributed by atoms with Crippen molar-refractivity contribution in [2.24, 2.45) is 0 Å². The zero-order chi connectivity index (χ0) is 37.2. The van der Waals surface area contributed by atoms with Crippen LogP contribution in [-0.4, -0.2) is 66.9 Å². The number of ether oxygens (including phenoxy) is 2. The Hall–Kier alpha value is -4.61. The lowest BCUT2D eigenvalue weighted by molar-refractivity contribution is -0.112. The van der Waals surface area contributed by atoms with Crippen molar-refractivity contribution in [3.05, 3.63) is 59.3 Å². The molecule has 3 aromatic rings. The standard InChI is InChI=1S/C38H55N7O5/c1-13-25(4)33(46)41-27-16-14-15-26(19-27)22-43(34(47)49-36(5,6)7)31-20-30(42-32-29(24(2)3)21-39-45(31)32)40-28-17-18-38(11,12)44(23-28)35(48)50-37(8,9)10/h13-16,19-21,24,28H,17-18,22-23H2,1-12H3,(H,40,42)(H,41,46)/b25-13+/t28-/m0/s1. The molecule has 4 rings (SSSR count). The molecule has 0 bridgehead atoms. The Morgan fingerprint density at radius 1 is 1.08 bits per heavy atom. The highest BCUT2D eigenvalue weighted by Gasteiger charge is 2.40. The van der Waals surface area contributed by atoms with Crippen LogP contribution >= 0.6 is 0 Å². The molecule has 0 saturated carbocycles. The molecule has 50 heavy (non-hydrogen) atoms. The number of nitrogens with one attached hydrogen (secondary N) is 2. The zero-order valence-electron chi connectivity index (χ0n) is 31.8. The van der Waals surface area contributed by atoms with Crippen molar-refractivity contribution in [1.82, 2.24) is 19.5 Å². The van der Waals surface area contributed by atoms with Gasteiger partial charge in [0.2, 0.25) is 0 Å². The first-order chi connectivity index (χ1) is 23.2. The maximum atomic E-state index is 14.0. The Labute approximate surface area is 296 Å². The first-order valence-corrected chi connectivity index (χ1v) is 17.4. The maximum absolute atomic E-state index is 14.0. The van der Waals surface area contributed by atoms with Gasteiger partial charge < -0.3 is 25.0 Å². The van der Waals surface area contributed by atoms with E-state index in [4.69, 9.17) is 14.5 Å². The summed E-state index contributed by atoms with van der Waals surface area (Å²) in [5.41, 5.74) is 1.73. The van der Waals surface area contributed by atoms with Crippen molar-refractivity contribution in [1.29, 1.82) is 0 Å². The second-order valence-electron chi connectivity index (χ2n) is 16.0. The minimum absolute atomic E-state index is 0.108. The maximum Gasteiger partial charge on any atom is 0.416 e. The molecule has 0 spiro atoms. The van der Waals surface area contributed by atoms with Gasteiger partial charge in [-0.3, -0.25) is 9.69 Å². The number of aromatic nitrogens is 3. The van der Waals surface area contributed by atoms with Crippen LogP contribution in [0.3, 0.4) is 0 Å². The summed E-state index contributed by atoms with van der Waals surface area (Å²) in [6.45, 7) is 23.4. The molecule has 0 radical (unpaired) electrons. The normalized spacial score (nSPS) is 16.7. The first kappa shape index (κ1) is 38.2. The monoisotopic (exact) mass is 689 g/mol. The Kier molecular flexibility index (Phi) is 11.2. The molecule has 3 amide bonds. The molecule has 3 heterocycles. The minimum atomic E-state index is -0.768. The van der Waals surface area contributed by atoms with Gasteiger partial charge in [-0.25, -0.2) is 14.6 Å². The predicted octanol–water partition coefficient (Wildman–Crippen LogP) is 8.29. The zero-order valence-corrected chi connectivity index (χ0v) is 31.8. The van der Waals surface area contributed by atoms with E-state index in [-0.39, 0.29) is 36.0 Å². The van der Waals surface area contributed by atoms with Crippen LogP contribution in [0.15, 0.2) is 48.2 Å². The number of piperidine rings is 1. The largest absolute Gasteiger partial charge is 0.444 e. The van der Waals surface area contributed by atoms with Crippen LogP contribution in [0.5, 0.6) is 0 Å². The third-order valence-corrected chi connectivity index (χ3v) is 8.51. The number of carbonyl (C=O) groups is 3. The van der Waals surface area contributed by atoms with Crippen LogP contribution < -0.4 is 15.5 Å². The molecule has 1 fully saturated rings. The summed E-state index contributed by atoms with van der Waals surface area (Å²) in [6, 6.07) is 9.05. The van der Waals surface area contributed by atoms with Gasteiger partial charge in [0.05, 0.1) is 12.7 Å².